The highest BCUT2D eigenvalue weighted by Crippen LogP contribution is 2.19. The Morgan fingerprint density at radius 2 is 1.77 bits per heavy atom. The van der Waals surface area contributed by atoms with Gasteiger partial charge in [0.2, 0.25) is 0 Å². The zero-order chi connectivity index (χ0) is 16.2. The van der Waals surface area contributed by atoms with E-state index in [4.69, 9.17) is 15.7 Å². The van der Waals surface area contributed by atoms with Crippen LogP contribution in [0, 0.1) is 11.3 Å². The second kappa shape index (κ2) is 6.31. The van der Waals surface area contributed by atoms with Gasteiger partial charge in [0.25, 0.3) is 0 Å². The van der Waals surface area contributed by atoms with Crippen LogP contribution in [0.3, 0.4) is 0 Å². The van der Waals surface area contributed by atoms with E-state index in [-0.39, 0.29) is 11.4 Å². The summed E-state index contributed by atoms with van der Waals surface area (Å²) in [5.41, 5.74) is 7.65. The van der Waals surface area contributed by atoms with Crippen molar-refractivity contribution in [1.29, 1.82) is 5.26 Å². The number of nitriles is 1. The Morgan fingerprint density at radius 3 is 2.36 bits per heavy atom. The molecule has 0 saturated carbocycles. The molecule has 0 bridgehead atoms. The number of nitrogen functional groups attached to an aromatic ring is 1. The summed E-state index contributed by atoms with van der Waals surface area (Å²) in [6.07, 6.45) is 5.49. The van der Waals surface area contributed by atoms with Gasteiger partial charge in [0.15, 0.2) is 0 Å². The number of rotatable bonds is 3. The number of hydrogen-bond donors (Lipinski definition) is 1. The first-order valence-electron chi connectivity index (χ1n) is 7.00. The van der Waals surface area contributed by atoms with Crippen molar-refractivity contribution in [3.63, 3.8) is 0 Å². The second-order valence-corrected chi connectivity index (χ2v) is 5.93. The van der Waals surface area contributed by atoms with Gasteiger partial charge in [-0.1, -0.05) is 24.3 Å². The molecular weight excluding hydrogens is 274 g/mol. The van der Waals surface area contributed by atoms with E-state index in [1.54, 1.807) is 12.3 Å². The highest BCUT2D eigenvalue weighted by atomic mass is 16.5. The van der Waals surface area contributed by atoms with Crippen molar-refractivity contribution in [1.82, 2.24) is 4.98 Å². The summed E-state index contributed by atoms with van der Waals surface area (Å²) in [7, 11) is 0. The average molecular weight is 293 g/mol. The molecule has 0 saturated heterocycles. The molecule has 0 aliphatic rings. The van der Waals surface area contributed by atoms with Crippen molar-refractivity contribution < 1.29 is 4.74 Å². The van der Waals surface area contributed by atoms with Gasteiger partial charge >= 0.3 is 0 Å². The Labute approximate surface area is 130 Å². The van der Waals surface area contributed by atoms with Gasteiger partial charge in [-0.3, -0.25) is 0 Å². The maximum atomic E-state index is 8.94. The predicted octanol–water partition coefficient (Wildman–Crippen LogP) is 3.88. The van der Waals surface area contributed by atoms with E-state index in [9.17, 15) is 0 Å². The molecule has 2 N–H and O–H groups in total. The Balaban J connectivity index is 2.12. The molecule has 0 fully saturated rings. The fourth-order valence-electron chi connectivity index (χ4n) is 1.87. The van der Waals surface area contributed by atoms with Gasteiger partial charge in [0.1, 0.15) is 23.2 Å². The highest BCUT2D eigenvalue weighted by Gasteiger charge is 2.10. The molecule has 0 atom stereocenters. The maximum absolute atomic E-state index is 8.94. The van der Waals surface area contributed by atoms with E-state index in [1.807, 2.05) is 63.3 Å². The van der Waals surface area contributed by atoms with Gasteiger partial charge in [-0.05, 0) is 50.1 Å². The van der Waals surface area contributed by atoms with Gasteiger partial charge in [-0.25, -0.2) is 4.98 Å². The predicted molar refractivity (Wildman–Crippen MR) is 89.1 cm³/mol. The summed E-state index contributed by atoms with van der Waals surface area (Å²) < 4.78 is 5.78. The van der Waals surface area contributed by atoms with Gasteiger partial charge in [0, 0.05) is 6.20 Å². The quantitative estimate of drug-likeness (QED) is 0.932. The molecule has 1 heterocycles. The van der Waals surface area contributed by atoms with Crippen LogP contribution < -0.4 is 10.5 Å². The second-order valence-electron chi connectivity index (χ2n) is 5.93. The normalized spacial score (nSPS) is 11.4. The zero-order valence-electron chi connectivity index (χ0n) is 13.0. The molecule has 2 rings (SSSR count). The van der Waals surface area contributed by atoms with E-state index in [0.29, 0.717) is 5.56 Å². The smallest absolute Gasteiger partial charge is 0.141 e. The lowest BCUT2D eigenvalue weighted by molar-refractivity contribution is 0.131. The summed E-state index contributed by atoms with van der Waals surface area (Å²) in [5, 5.41) is 8.94. The summed E-state index contributed by atoms with van der Waals surface area (Å²) in [5.74, 6) is 1.09. The molecule has 0 aliphatic heterocycles. The first-order valence-corrected chi connectivity index (χ1v) is 7.00. The van der Waals surface area contributed by atoms with E-state index in [2.05, 4.69) is 4.98 Å². The van der Waals surface area contributed by atoms with E-state index < -0.39 is 0 Å². The molecular formula is C18H19N3O. The number of hydrogen-bond acceptors (Lipinski definition) is 4. The van der Waals surface area contributed by atoms with Crippen LogP contribution in [0.5, 0.6) is 5.75 Å². The number of benzene rings is 1. The molecule has 1 aromatic heterocycles. The molecule has 4 nitrogen and oxygen atoms in total. The van der Waals surface area contributed by atoms with Crippen molar-refractivity contribution >= 4 is 18.0 Å². The Bertz CT molecular complexity index is 719. The van der Waals surface area contributed by atoms with Crippen LogP contribution in [-0.2, 0) is 0 Å². The molecule has 2 aromatic rings. The van der Waals surface area contributed by atoms with Crippen molar-refractivity contribution in [2.45, 2.75) is 26.4 Å². The molecule has 0 aliphatic carbocycles. The van der Waals surface area contributed by atoms with Crippen LogP contribution in [0.2, 0.25) is 0 Å². The topological polar surface area (TPSA) is 71.9 Å². The van der Waals surface area contributed by atoms with Gasteiger partial charge in [-0.2, -0.15) is 5.26 Å². The number of aromatic nitrogens is 1. The summed E-state index contributed by atoms with van der Waals surface area (Å²) >= 11 is 0. The average Bonchev–Trinajstić information content (AvgIpc) is 2.46. The fraction of sp³-hybridized carbons (Fsp3) is 0.222. The minimum atomic E-state index is -0.208. The number of pyridine rings is 1. The van der Waals surface area contributed by atoms with Crippen LogP contribution >= 0.6 is 0 Å². The Kier molecular flexibility index (Phi) is 4.47. The number of ether oxygens (including phenoxy) is 1. The minimum absolute atomic E-state index is 0.208. The fourth-order valence-corrected chi connectivity index (χ4v) is 1.87. The Hall–Kier alpha value is -2.80. The van der Waals surface area contributed by atoms with Crippen LogP contribution in [0.4, 0.5) is 5.82 Å². The summed E-state index contributed by atoms with van der Waals surface area (Å²) in [6, 6.07) is 11.6. The lowest BCUT2D eigenvalue weighted by atomic mass is 10.1. The summed E-state index contributed by atoms with van der Waals surface area (Å²) in [4.78, 5) is 4.00. The van der Waals surface area contributed by atoms with Crippen molar-refractivity contribution in [3.05, 3.63) is 53.2 Å². The molecule has 1 aromatic carbocycles. The molecule has 0 spiro atoms. The van der Waals surface area contributed by atoms with Crippen LogP contribution in [0.25, 0.3) is 12.2 Å². The van der Waals surface area contributed by atoms with Crippen LogP contribution in [0.1, 0.15) is 37.5 Å². The maximum Gasteiger partial charge on any atom is 0.141 e. The SMILES string of the molecule is CC(C)(C)Oc1ccc(C=Cc2cnc(N)c(C#N)c2)cc1. The minimum Gasteiger partial charge on any atom is -0.488 e. The van der Waals surface area contributed by atoms with Gasteiger partial charge < -0.3 is 10.5 Å². The monoisotopic (exact) mass is 293 g/mol. The molecule has 0 amide bonds. The molecule has 0 unspecified atom stereocenters. The van der Waals surface area contributed by atoms with Crippen molar-refractivity contribution in [3.8, 4) is 11.8 Å². The van der Waals surface area contributed by atoms with E-state index in [1.165, 1.54) is 0 Å². The lowest BCUT2D eigenvalue weighted by Gasteiger charge is -2.21. The molecule has 22 heavy (non-hydrogen) atoms. The van der Waals surface area contributed by atoms with Crippen molar-refractivity contribution in [2.75, 3.05) is 5.73 Å². The number of nitrogens with zero attached hydrogens (tertiary/aromatic N) is 2. The molecule has 0 radical (unpaired) electrons. The number of anilines is 1. The Morgan fingerprint density at radius 1 is 1.14 bits per heavy atom. The van der Waals surface area contributed by atoms with Crippen molar-refractivity contribution in [2.24, 2.45) is 0 Å². The highest BCUT2D eigenvalue weighted by molar-refractivity contribution is 5.71. The van der Waals surface area contributed by atoms with E-state index >= 15 is 0 Å². The standard InChI is InChI=1S/C18H19N3O/c1-18(2,3)22-16-8-6-13(7-9-16)4-5-14-10-15(11-19)17(20)21-12-14/h4-10,12H,1-3H3,(H2,20,21). The largest absolute Gasteiger partial charge is 0.488 e. The van der Waals surface area contributed by atoms with E-state index in [0.717, 1.165) is 16.9 Å². The molecule has 4 heteroatoms. The number of nitrogens with two attached hydrogens (primary N) is 1. The van der Waals surface area contributed by atoms with Crippen LogP contribution in [0.15, 0.2) is 36.5 Å². The van der Waals surface area contributed by atoms with Crippen LogP contribution in [-0.4, -0.2) is 10.6 Å². The first kappa shape index (κ1) is 15.6. The lowest BCUT2D eigenvalue weighted by Crippen LogP contribution is -2.22. The third kappa shape index (κ3) is 4.35. The first-order chi connectivity index (χ1) is 10.4. The van der Waals surface area contributed by atoms with Gasteiger partial charge in [-0.15, -0.1) is 0 Å². The third-order valence-corrected chi connectivity index (χ3v) is 2.83. The third-order valence-electron chi connectivity index (χ3n) is 2.83. The zero-order valence-corrected chi connectivity index (χ0v) is 13.0. The molecule has 112 valence electrons. The van der Waals surface area contributed by atoms with Gasteiger partial charge in [0.05, 0.1) is 5.56 Å². The summed E-state index contributed by atoms with van der Waals surface area (Å²) in [6.45, 7) is 6.05.